The molecule has 0 unspecified atom stereocenters. The Kier molecular flexibility index (Phi) is 3.31. The van der Waals surface area contributed by atoms with Crippen LogP contribution in [0.15, 0.2) is 0 Å². The zero-order valence-electron chi connectivity index (χ0n) is 11.5. The highest BCUT2D eigenvalue weighted by Crippen LogP contribution is 2.48. The van der Waals surface area contributed by atoms with Gasteiger partial charge in [0.2, 0.25) is 5.91 Å². The summed E-state index contributed by atoms with van der Waals surface area (Å²) in [4.78, 5) is 14.1. The molecule has 2 heterocycles. The van der Waals surface area contributed by atoms with Crippen LogP contribution in [0.1, 0.15) is 32.1 Å². The summed E-state index contributed by atoms with van der Waals surface area (Å²) in [5.74, 6) is 0.283. The first kappa shape index (κ1) is 13.3. The van der Waals surface area contributed by atoms with Crippen LogP contribution in [0.2, 0.25) is 0 Å². The van der Waals surface area contributed by atoms with E-state index in [-0.39, 0.29) is 11.3 Å². The zero-order chi connectivity index (χ0) is 13.5. The molecule has 1 amide bonds. The standard InChI is InChI=1S/C14H25N3O2/c15-12(18)14-3-1-2-11(14)8-17(10-14)9-13(19)4-6-16-7-5-13/h11,16,19H,1-10H2,(H2,15,18)/t11-,14-/m0/s1. The van der Waals surface area contributed by atoms with Gasteiger partial charge in [-0.15, -0.1) is 0 Å². The van der Waals surface area contributed by atoms with Gasteiger partial charge in [0.1, 0.15) is 0 Å². The Morgan fingerprint density at radius 2 is 2.11 bits per heavy atom. The van der Waals surface area contributed by atoms with Gasteiger partial charge in [-0.1, -0.05) is 6.42 Å². The summed E-state index contributed by atoms with van der Waals surface area (Å²) >= 11 is 0. The number of amides is 1. The molecule has 5 heteroatoms. The number of fused-ring (bicyclic) bond motifs is 1. The molecule has 2 atom stereocenters. The van der Waals surface area contributed by atoms with E-state index in [2.05, 4.69) is 10.2 Å². The lowest BCUT2D eigenvalue weighted by Crippen LogP contribution is -2.50. The molecule has 19 heavy (non-hydrogen) atoms. The van der Waals surface area contributed by atoms with E-state index in [0.29, 0.717) is 12.5 Å². The minimum Gasteiger partial charge on any atom is -0.388 e. The third-order valence-electron chi connectivity index (χ3n) is 5.48. The van der Waals surface area contributed by atoms with Crippen LogP contribution < -0.4 is 11.1 Å². The molecular formula is C14H25N3O2. The first-order valence-electron chi connectivity index (χ1n) is 7.50. The van der Waals surface area contributed by atoms with Crippen molar-refractivity contribution in [2.45, 2.75) is 37.7 Å². The van der Waals surface area contributed by atoms with Gasteiger partial charge in [-0.25, -0.2) is 0 Å². The van der Waals surface area contributed by atoms with Gasteiger partial charge in [0.15, 0.2) is 0 Å². The second-order valence-corrected chi connectivity index (χ2v) is 6.75. The van der Waals surface area contributed by atoms with Crippen LogP contribution in [-0.4, -0.2) is 54.2 Å². The van der Waals surface area contributed by atoms with Crippen LogP contribution in [0.3, 0.4) is 0 Å². The van der Waals surface area contributed by atoms with Gasteiger partial charge in [-0.2, -0.15) is 0 Å². The number of likely N-dealkylation sites (tertiary alicyclic amines) is 1. The van der Waals surface area contributed by atoms with Gasteiger partial charge in [-0.3, -0.25) is 9.69 Å². The molecule has 3 fully saturated rings. The lowest BCUT2D eigenvalue weighted by atomic mass is 9.80. The first-order chi connectivity index (χ1) is 9.04. The number of piperidine rings is 1. The Morgan fingerprint density at radius 1 is 1.37 bits per heavy atom. The van der Waals surface area contributed by atoms with Crippen LogP contribution in [0.5, 0.6) is 0 Å². The summed E-state index contributed by atoms with van der Waals surface area (Å²) in [6, 6.07) is 0. The summed E-state index contributed by atoms with van der Waals surface area (Å²) < 4.78 is 0. The summed E-state index contributed by atoms with van der Waals surface area (Å²) in [6.07, 6.45) is 4.77. The van der Waals surface area contributed by atoms with E-state index in [4.69, 9.17) is 5.73 Å². The highest BCUT2D eigenvalue weighted by molar-refractivity contribution is 5.82. The van der Waals surface area contributed by atoms with Crippen molar-refractivity contribution >= 4 is 5.91 Å². The van der Waals surface area contributed by atoms with E-state index in [0.717, 1.165) is 58.3 Å². The summed E-state index contributed by atoms with van der Waals surface area (Å²) in [5.41, 5.74) is 4.78. The van der Waals surface area contributed by atoms with Gasteiger partial charge in [0.05, 0.1) is 11.0 Å². The number of aliphatic hydroxyl groups is 1. The van der Waals surface area contributed by atoms with E-state index in [9.17, 15) is 9.90 Å². The number of primary amides is 1. The molecule has 4 N–H and O–H groups in total. The maximum absolute atomic E-state index is 11.8. The fourth-order valence-corrected chi connectivity index (χ4v) is 4.38. The Bertz CT molecular complexity index is 368. The van der Waals surface area contributed by atoms with Crippen molar-refractivity contribution in [1.82, 2.24) is 10.2 Å². The summed E-state index contributed by atoms with van der Waals surface area (Å²) in [7, 11) is 0. The van der Waals surface area contributed by atoms with Gasteiger partial charge >= 0.3 is 0 Å². The van der Waals surface area contributed by atoms with Crippen molar-refractivity contribution in [3.05, 3.63) is 0 Å². The van der Waals surface area contributed by atoms with Gasteiger partial charge < -0.3 is 16.2 Å². The number of carbonyl (C=O) groups is 1. The first-order valence-corrected chi connectivity index (χ1v) is 7.50. The van der Waals surface area contributed by atoms with E-state index < -0.39 is 5.60 Å². The average Bonchev–Trinajstić information content (AvgIpc) is 2.86. The molecule has 0 aromatic rings. The molecule has 5 nitrogen and oxygen atoms in total. The predicted octanol–water partition coefficient (Wildman–Crippen LogP) is -0.312. The smallest absolute Gasteiger partial charge is 0.225 e. The molecule has 1 aliphatic carbocycles. The Labute approximate surface area is 114 Å². The minimum atomic E-state index is -0.581. The number of rotatable bonds is 3. The molecular weight excluding hydrogens is 242 g/mol. The minimum absolute atomic E-state index is 0.130. The Morgan fingerprint density at radius 3 is 2.74 bits per heavy atom. The third-order valence-corrected chi connectivity index (χ3v) is 5.48. The molecule has 3 aliphatic rings. The zero-order valence-corrected chi connectivity index (χ0v) is 11.5. The quantitative estimate of drug-likeness (QED) is 0.655. The number of hydrogen-bond donors (Lipinski definition) is 3. The highest BCUT2D eigenvalue weighted by Gasteiger charge is 2.54. The SMILES string of the molecule is NC(=O)[C@]12CCC[C@H]1CN(CC1(O)CCNCC1)C2. The maximum Gasteiger partial charge on any atom is 0.225 e. The number of nitrogens with two attached hydrogens (primary N) is 1. The van der Waals surface area contributed by atoms with Crippen molar-refractivity contribution in [2.75, 3.05) is 32.7 Å². The molecule has 0 spiro atoms. The summed E-state index contributed by atoms with van der Waals surface area (Å²) in [5, 5.41) is 13.9. The van der Waals surface area contributed by atoms with Crippen LogP contribution >= 0.6 is 0 Å². The van der Waals surface area contributed by atoms with Crippen LogP contribution in [0.25, 0.3) is 0 Å². The monoisotopic (exact) mass is 267 g/mol. The van der Waals surface area contributed by atoms with E-state index >= 15 is 0 Å². The molecule has 2 aliphatic heterocycles. The Balaban J connectivity index is 1.67. The predicted molar refractivity (Wildman–Crippen MR) is 72.5 cm³/mol. The molecule has 0 aromatic carbocycles. The number of hydrogen-bond acceptors (Lipinski definition) is 4. The van der Waals surface area contributed by atoms with E-state index in [1.807, 2.05) is 0 Å². The van der Waals surface area contributed by atoms with Crippen molar-refractivity contribution in [3.8, 4) is 0 Å². The molecule has 0 radical (unpaired) electrons. The number of nitrogens with one attached hydrogen (secondary N) is 1. The molecule has 2 saturated heterocycles. The number of carbonyl (C=O) groups excluding carboxylic acids is 1. The highest BCUT2D eigenvalue weighted by atomic mass is 16.3. The third kappa shape index (κ3) is 2.28. The van der Waals surface area contributed by atoms with Crippen molar-refractivity contribution in [1.29, 1.82) is 0 Å². The van der Waals surface area contributed by atoms with Crippen LogP contribution in [-0.2, 0) is 4.79 Å². The topological polar surface area (TPSA) is 78.6 Å². The fourth-order valence-electron chi connectivity index (χ4n) is 4.38. The fraction of sp³-hybridized carbons (Fsp3) is 0.929. The van der Waals surface area contributed by atoms with Gasteiger partial charge in [0, 0.05) is 19.6 Å². The number of nitrogens with zero attached hydrogens (tertiary/aromatic N) is 1. The van der Waals surface area contributed by atoms with E-state index in [1.54, 1.807) is 0 Å². The van der Waals surface area contributed by atoms with Crippen molar-refractivity contribution in [2.24, 2.45) is 17.1 Å². The van der Waals surface area contributed by atoms with Crippen LogP contribution in [0.4, 0.5) is 0 Å². The second kappa shape index (κ2) is 4.72. The molecule has 3 rings (SSSR count). The summed E-state index contributed by atoms with van der Waals surface area (Å²) in [6.45, 7) is 4.14. The lowest BCUT2D eigenvalue weighted by Gasteiger charge is -2.36. The van der Waals surface area contributed by atoms with Crippen molar-refractivity contribution in [3.63, 3.8) is 0 Å². The molecule has 0 bridgehead atoms. The van der Waals surface area contributed by atoms with Crippen molar-refractivity contribution < 1.29 is 9.90 Å². The average molecular weight is 267 g/mol. The molecule has 0 aromatic heterocycles. The lowest BCUT2D eigenvalue weighted by molar-refractivity contribution is -0.128. The molecule has 108 valence electrons. The number of β-amino-alcohol motifs (C(OH)–C–C–N with tert-alkyl or cyclic N) is 1. The maximum atomic E-state index is 11.8. The largest absolute Gasteiger partial charge is 0.388 e. The van der Waals surface area contributed by atoms with E-state index in [1.165, 1.54) is 0 Å². The van der Waals surface area contributed by atoms with Crippen LogP contribution in [0, 0.1) is 11.3 Å². The van der Waals surface area contributed by atoms with Gasteiger partial charge in [0.25, 0.3) is 0 Å². The second-order valence-electron chi connectivity index (χ2n) is 6.75. The van der Waals surface area contributed by atoms with Gasteiger partial charge in [-0.05, 0) is 44.7 Å². The normalized spacial score (nSPS) is 38.3. The Hall–Kier alpha value is -0.650. The molecule has 1 saturated carbocycles.